The predicted molar refractivity (Wildman–Crippen MR) is 61.8 cm³/mol. The van der Waals surface area contributed by atoms with Gasteiger partial charge in [0.2, 0.25) is 0 Å². The molecule has 0 unspecified atom stereocenters. The van der Waals surface area contributed by atoms with Gasteiger partial charge in [-0.25, -0.2) is 0 Å². The number of nitrogens with two attached hydrogens (primary N) is 1. The molecule has 90 valence electrons. The number of hydrogen-bond acceptors (Lipinski definition) is 6. The molecule has 0 amide bonds. The summed E-state index contributed by atoms with van der Waals surface area (Å²) < 4.78 is 5.19. The Morgan fingerprint density at radius 2 is 2.06 bits per heavy atom. The average Bonchev–Trinajstić information content (AvgIpc) is 2.89. The van der Waals surface area contributed by atoms with E-state index in [0.717, 1.165) is 18.4 Å². The van der Waals surface area contributed by atoms with Gasteiger partial charge in [-0.1, -0.05) is 19.0 Å². The summed E-state index contributed by atoms with van der Waals surface area (Å²) in [7, 11) is 0. The van der Waals surface area contributed by atoms with Crippen molar-refractivity contribution in [2.75, 3.05) is 0 Å². The molecule has 0 fully saturated rings. The van der Waals surface area contributed by atoms with E-state index in [2.05, 4.69) is 20.3 Å². The molecule has 0 aliphatic rings. The van der Waals surface area contributed by atoms with E-state index >= 15 is 0 Å². The van der Waals surface area contributed by atoms with Crippen molar-refractivity contribution >= 4 is 0 Å². The summed E-state index contributed by atoms with van der Waals surface area (Å²) in [6.07, 6.45) is 4.68. The Kier molecular flexibility index (Phi) is 3.14. The fourth-order valence-electron chi connectivity index (χ4n) is 1.53. The molecule has 0 bridgehead atoms. The van der Waals surface area contributed by atoms with E-state index < -0.39 is 5.54 Å². The third kappa shape index (κ3) is 2.16. The van der Waals surface area contributed by atoms with Gasteiger partial charge in [0.25, 0.3) is 5.89 Å². The Morgan fingerprint density at radius 3 is 2.65 bits per heavy atom. The number of rotatable bonds is 4. The quantitative estimate of drug-likeness (QED) is 0.860. The lowest BCUT2D eigenvalue weighted by atomic mass is 9.93. The van der Waals surface area contributed by atoms with Gasteiger partial charge < -0.3 is 10.3 Å². The summed E-state index contributed by atoms with van der Waals surface area (Å²) in [4.78, 5) is 4.32. The first-order valence-electron chi connectivity index (χ1n) is 5.59. The molecular formula is C11H15N5O. The molecule has 6 heteroatoms. The van der Waals surface area contributed by atoms with E-state index in [4.69, 9.17) is 10.3 Å². The molecule has 2 heterocycles. The van der Waals surface area contributed by atoms with Crippen LogP contribution < -0.4 is 5.73 Å². The molecule has 0 saturated carbocycles. The standard InChI is InChI=1S/C11H15N5O/c1-3-11(12,4-2)10-15-9(17-16-10)8-5-6-13-14-7-8/h5-7H,3-4,12H2,1-2H3. The average molecular weight is 233 g/mol. The molecule has 6 nitrogen and oxygen atoms in total. The fourth-order valence-corrected chi connectivity index (χ4v) is 1.53. The number of nitrogens with zero attached hydrogens (tertiary/aromatic N) is 4. The van der Waals surface area contributed by atoms with Crippen LogP contribution in [0.15, 0.2) is 23.0 Å². The highest BCUT2D eigenvalue weighted by atomic mass is 16.5. The maximum absolute atomic E-state index is 6.20. The topological polar surface area (TPSA) is 90.7 Å². The number of hydrogen-bond donors (Lipinski definition) is 1. The highest BCUT2D eigenvalue weighted by molar-refractivity contribution is 5.49. The van der Waals surface area contributed by atoms with E-state index in [9.17, 15) is 0 Å². The summed E-state index contributed by atoms with van der Waals surface area (Å²) in [5.41, 5.74) is 6.41. The largest absolute Gasteiger partial charge is 0.334 e. The monoisotopic (exact) mass is 233 g/mol. The van der Waals surface area contributed by atoms with Crippen molar-refractivity contribution < 1.29 is 4.52 Å². The van der Waals surface area contributed by atoms with Crippen LogP contribution in [0.5, 0.6) is 0 Å². The minimum absolute atomic E-state index is 0.423. The second kappa shape index (κ2) is 4.58. The molecule has 0 radical (unpaired) electrons. The summed E-state index contributed by atoms with van der Waals surface area (Å²) >= 11 is 0. The molecule has 0 aliphatic heterocycles. The highest BCUT2D eigenvalue weighted by Gasteiger charge is 2.29. The molecule has 0 saturated heterocycles. The first-order valence-corrected chi connectivity index (χ1v) is 5.59. The highest BCUT2D eigenvalue weighted by Crippen LogP contribution is 2.25. The summed E-state index contributed by atoms with van der Waals surface area (Å²) in [6.45, 7) is 4.01. The second-order valence-corrected chi connectivity index (χ2v) is 3.92. The molecular weight excluding hydrogens is 218 g/mol. The summed E-state index contributed by atoms with van der Waals surface area (Å²) in [6, 6.07) is 1.76. The second-order valence-electron chi connectivity index (χ2n) is 3.92. The van der Waals surface area contributed by atoms with Crippen LogP contribution in [0.1, 0.15) is 32.5 Å². The SMILES string of the molecule is CCC(N)(CC)c1noc(-c2ccnnc2)n1. The maximum atomic E-state index is 6.20. The lowest BCUT2D eigenvalue weighted by molar-refractivity contribution is 0.350. The Hall–Kier alpha value is -1.82. The van der Waals surface area contributed by atoms with E-state index in [1.807, 2.05) is 13.8 Å². The van der Waals surface area contributed by atoms with Crippen molar-refractivity contribution in [1.82, 2.24) is 20.3 Å². The Bertz CT molecular complexity index is 478. The van der Waals surface area contributed by atoms with Crippen molar-refractivity contribution in [3.63, 3.8) is 0 Å². The van der Waals surface area contributed by atoms with Crippen molar-refractivity contribution in [1.29, 1.82) is 0 Å². The van der Waals surface area contributed by atoms with Crippen LogP contribution in [0.3, 0.4) is 0 Å². The van der Waals surface area contributed by atoms with Gasteiger partial charge in [-0.2, -0.15) is 15.2 Å². The van der Waals surface area contributed by atoms with Crippen LogP contribution >= 0.6 is 0 Å². The minimum atomic E-state index is -0.526. The zero-order valence-corrected chi connectivity index (χ0v) is 9.92. The first kappa shape index (κ1) is 11.7. The Labute approximate surface area is 99.2 Å². The molecule has 0 aliphatic carbocycles. The van der Waals surface area contributed by atoms with Crippen LogP contribution in [0.25, 0.3) is 11.5 Å². The van der Waals surface area contributed by atoms with Gasteiger partial charge in [-0.3, -0.25) is 0 Å². The van der Waals surface area contributed by atoms with Crippen LogP contribution in [0.4, 0.5) is 0 Å². The van der Waals surface area contributed by atoms with Gasteiger partial charge >= 0.3 is 0 Å². The van der Waals surface area contributed by atoms with Crippen molar-refractivity contribution in [2.45, 2.75) is 32.2 Å². The van der Waals surface area contributed by atoms with Crippen molar-refractivity contribution in [2.24, 2.45) is 5.73 Å². The van der Waals surface area contributed by atoms with Crippen LogP contribution in [0.2, 0.25) is 0 Å². The fraction of sp³-hybridized carbons (Fsp3) is 0.455. The minimum Gasteiger partial charge on any atom is -0.334 e. The summed E-state index contributed by atoms with van der Waals surface area (Å²) in [5, 5.41) is 11.4. The summed E-state index contributed by atoms with van der Waals surface area (Å²) in [5.74, 6) is 0.959. The predicted octanol–water partition coefficient (Wildman–Crippen LogP) is 1.50. The molecule has 2 aromatic rings. The molecule has 2 aromatic heterocycles. The van der Waals surface area contributed by atoms with Crippen LogP contribution in [0, 0.1) is 0 Å². The third-order valence-corrected chi connectivity index (χ3v) is 2.96. The molecule has 0 spiro atoms. The van der Waals surface area contributed by atoms with Crippen LogP contribution in [-0.4, -0.2) is 20.3 Å². The van der Waals surface area contributed by atoms with Gasteiger partial charge in [-0.05, 0) is 18.9 Å². The molecule has 2 N–H and O–H groups in total. The van der Waals surface area contributed by atoms with E-state index in [1.165, 1.54) is 0 Å². The van der Waals surface area contributed by atoms with Gasteiger partial charge in [0, 0.05) is 0 Å². The van der Waals surface area contributed by atoms with E-state index in [-0.39, 0.29) is 0 Å². The molecule has 17 heavy (non-hydrogen) atoms. The Balaban J connectivity index is 2.34. The van der Waals surface area contributed by atoms with Gasteiger partial charge in [0.1, 0.15) is 0 Å². The third-order valence-electron chi connectivity index (χ3n) is 2.96. The van der Waals surface area contributed by atoms with Gasteiger partial charge in [-0.15, -0.1) is 0 Å². The van der Waals surface area contributed by atoms with Crippen LogP contribution in [-0.2, 0) is 5.54 Å². The lowest BCUT2D eigenvalue weighted by Crippen LogP contribution is -2.36. The van der Waals surface area contributed by atoms with E-state index in [1.54, 1.807) is 18.5 Å². The zero-order valence-electron chi connectivity index (χ0n) is 9.92. The molecule has 2 rings (SSSR count). The first-order chi connectivity index (χ1) is 8.19. The maximum Gasteiger partial charge on any atom is 0.259 e. The smallest absolute Gasteiger partial charge is 0.259 e. The van der Waals surface area contributed by atoms with Crippen molar-refractivity contribution in [3.05, 3.63) is 24.3 Å². The van der Waals surface area contributed by atoms with Gasteiger partial charge in [0.05, 0.1) is 23.5 Å². The lowest BCUT2D eigenvalue weighted by Gasteiger charge is -2.21. The number of aromatic nitrogens is 4. The van der Waals surface area contributed by atoms with Gasteiger partial charge in [0.15, 0.2) is 5.82 Å². The van der Waals surface area contributed by atoms with Crippen molar-refractivity contribution in [3.8, 4) is 11.5 Å². The molecule has 0 atom stereocenters. The molecule has 0 aromatic carbocycles. The Morgan fingerprint density at radius 1 is 1.29 bits per heavy atom. The zero-order chi connectivity index (χ0) is 12.3. The van der Waals surface area contributed by atoms with E-state index in [0.29, 0.717) is 11.7 Å². The normalized spacial score (nSPS) is 11.7.